The zero-order chi connectivity index (χ0) is 13.2. The van der Waals surface area contributed by atoms with Crippen molar-refractivity contribution in [1.82, 2.24) is 0 Å². The van der Waals surface area contributed by atoms with Crippen molar-refractivity contribution in [3.63, 3.8) is 0 Å². The Labute approximate surface area is 97.1 Å². The minimum absolute atomic E-state index is 0.0911. The van der Waals surface area contributed by atoms with Crippen molar-refractivity contribution in [3.8, 4) is 0 Å². The maximum atomic E-state index is 12.4. The van der Waals surface area contributed by atoms with Crippen LogP contribution in [0.2, 0.25) is 0 Å². The lowest BCUT2D eigenvalue weighted by Gasteiger charge is -2.15. The van der Waals surface area contributed by atoms with Crippen molar-refractivity contribution in [3.05, 3.63) is 34.9 Å². The van der Waals surface area contributed by atoms with E-state index in [1.807, 2.05) is 0 Å². The van der Waals surface area contributed by atoms with Gasteiger partial charge in [0.25, 0.3) is 0 Å². The lowest BCUT2D eigenvalue weighted by Crippen LogP contribution is -2.08. The first kappa shape index (κ1) is 13.5. The molecule has 1 aromatic rings. The lowest BCUT2D eigenvalue weighted by atomic mass is 9.92. The molecule has 5 heteroatoms. The number of carbonyl (C=O) groups is 1. The highest BCUT2D eigenvalue weighted by molar-refractivity contribution is 5.68. The van der Waals surface area contributed by atoms with Gasteiger partial charge in [0, 0.05) is 0 Å². The summed E-state index contributed by atoms with van der Waals surface area (Å²) < 4.78 is 37.3. The topological polar surface area (TPSA) is 37.3 Å². The van der Waals surface area contributed by atoms with Crippen LogP contribution in [0.15, 0.2) is 18.2 Å². The number of carboxylic acid groups (broad SMARTS) is 1. The van der Waals surface area contributed by atoms with Gasteiger partial charge in [-0.1, -0.05) is 13.0 Å². The largest absolute Gasteiger partial charge is 0.481 e. The van der Waals surface area contributed by atoms with Gasteiger partial charge in [-0.2, -0.15) is 13.2 Å². The summed E-state index contributed by atoms with van der Waals surface area (Å²) >= 11 is 0. The normalized spacial score (nSPS) is 13.5. The van der Waals surface area contributed by atoms with Gasteiger partial charge in [0.05, 0.1) is 12.0 Å². The van der Waals surface area contributed by atoms with E-state index >= 15 is 0 Å². The second kappa shape index (κ2) is 4.77. The minimum atomic E-state index is -4.36. The molecule has 1 atom stereocenters. The average molecular weight is 246 g/mol. The summed E-state index contributed by atoms with van der Waals surface area (Å²) in [6.07, 6.45) is -4.45. The van der Waals surface area contributed by atoms with Crippen LogP contribution in [0.4, 0.5) is 13.2 Å². The van der Waals surface area contributed by atoms with Gasteiger partial charge in [0.2, 0.25) is 0 Å². The molecular formula is C12H13F3O2. The number of rotatable bonds is 3. The number of halogens is 3. The van der Waals surface area contributed by atoms with Gasteiger partial charge in [-0.05, 0) is 36.1 Å². The van der Waals surface area contributed by atoms with Gasteiger partial charge >= 0.3 is 12.1 Å². The quantitative estimate of drug-likeness (QED) is 0.884. The Bertz CT molecular complexity index is 424. The van der Waals surface area contributed by atoms with Crippen molar-refractivity contribution in [2.24, 2.45) is 0 Å². The molecule has 0 bridgehead atoms. The van der Waals surface area contributed by atoms with Gasteiger partial charge in [0.1, 0.15) is 0 Å². The molecule has 0 heterocycles. The van der Waals surface area contributed by atoms with E-state index < -0.39 is 17.7 Å². The number of carboxylic acids is 1. The SMILES string of the molecule is Cc1cc(C(F)(F)F)ccc1C(C)CC(=O)O. The Hall–Kier alpha value is -1.52. The third-order valence-corrected chi connectivity index (χ3v) is 2.61. The number of alkyl halides is 3. The maximum absolute atomic E-state index is 12.4. The molecule has 0 spiro atoms. The molecule has 0 amide bonds. The van der Waals surface area contributed by atoms with Crippen molar-refractivity contribution in [2.75, 3.05) is 0 Å². The fraction of sp³-hybridized carbons (Fsp3) is 0.417. The van der Waals surface area contributed by atoms with Crippen LogP contribution in [0, 0.1) is 6.92 Å². The van der Waals surface area contributed by atoms with Crippen LogP contribution in [0.5, 0.6) is 0 Å². The fourth-order valence-electron chi connectivity index (χ4n) is 1.78. The van der Waals surface area contributed by atoms with Crippen LogP contribution >= 0.6 is 0 Å². The predicted molar refractivity (Wildman–Crippen MR) is 56.8 cm³/mol. The van der Waals surface area contributed by atoms with Crippen LogP contribution in [-0.4, -0.2) is 11.1 Å². The van der Waals surface area contributed by atoms with Crippen LogP contribution in [0.3, 0.4) is 0 Å². The third-order valence-electron chi connectivity index (χ3n) is 2.61. The number of hydrogen-bond donors (Lipinski definition) is 1. The number of aliphatic carboxylic acids is 1. The summed E-state index contributed by atoms with van der Waals surface area (Å²) in [5.74, 6) is -1.26. The minimum Gasteiger partial charge on any atom is -0.481 e. The van der Waals surface area contributed by atoms with E-state index in [1.54, 1.807) is 13.8 Å². The maximum Gasteiger partial charge on any atom is 0.416 e. The van der Waals surface area contributed by atoms with E-state index in [4.69, 9.17) is 5.11 Å². The molecule has 2 nitrogen and oxygen atoms in total. The molecule has 0 aromatic heterocycles. The zero-order valence-corrected chi connectivity index (χ0v) is 9.51. The summed E-state index contributed by atoms with van der Waals surface area (Å²) in [6.45, 7) is 3.24. The Morgan fingerprint density at radius 2 is 2.00 bits per heavy atom. The standard InChI is InChI=1S/C12H13F3O2/c1-7-5-9(12(13,14)15)3-4-10(7)8(2)6-11(16)17/h3-5,8H,6H2,1-2H3,(H,16,17). The van der Waals surface area contributed by atoms with E-state index in [9.17, 15) is 18.0 Å². The molecule has 0 saturated heterocycles. The molecule has 17 heavy (non-hydrogen) atoms. The molecule has 0 fully saturated rings. The van der Waals surface area contributed by atoms with Crippen molar-refractivity contribution in [1.29, 1.82) is 0 Å². The first-order valence-corrected chi connectivity index (χ1v) is 5.11. The van der Waals surface area contributed by atoms with Gasteiger partial charge in [0.15, 0.2) is 0 Å². The van der Waals surface area contributed by atoms with Gasteiger partial charge in [-0.25, -0.2) is 0 Å². The highest BCUT2D eigenvalue weighted by atomic mass is 19.4. The summed E-state index contributed by atoms with van der Waals surface area (Å²) in [6, 6.07) is 3.39. The Morgan fingerprint density at radius 1 is 1.41 bits per heavy atom. The van der Waals surface area contributed by atoms with Gasteiger partial charge < -0.3 is 5.11 Å². The molecule has 0 saturated carbocycles. The summed E-state index contributed by atoms with van der Waals surface area (Å²) in [4.78, 5) is 10.5. The Balaban J connectivity index is 3.02. The summed E-state index contributed by atoms with van der Waals surface area (Å²) in [5.41, 5.74) is 0.398. The van der Waals surface area contributed by atoms with Crippen LogP contribution < -0.4 is 0 Å². The van der Waals surface area contributed by atoms with Gasteiger partial charge in [-0.3, -0.25) is 4.79 Å². The van der Waals surface area contributed by atoms with Gasteiger partial charge in [-0.15, -0.1) is 0 Å². The molecule has 94 valence electrons. The molecule has 1 aromatic carbocycles. The molecule has 0 aliphatic rings. The summed E-state index contributed by atoms with van der Waals surface area (Å²) in [5, 5.41) is 8.64. The number of hydrogen-bond acceptors (Lipinski definition) is 1. The van der Waals surface area contributed by atoms with E-state index in [1.165, 1.54) is 6.07 Å². The highest BCUT2D eigenvalue weighted by Crippen LogP contribution is 2.32. The molecule has 1 rings (SSSR count). The molecule has 1 N–H and O–H groups in total. The summed E-state index contributed by atoms with van der Waals surface area (Å²) in [7, 11) is 0. The molecule has 0 aliphatic heterocycles. The van der Waals surface area contributed by atoms with E-state index in [2.05, 4.69) is 0 Å². The van der Waals surface area contributed by atoms with E-state index in [-0.39, 0.29) is 12.3 Å². The van der Waals surface area contributed by atoms with Crippen LogP contribution in [0.1, 0.15) is 36.0 Å². The second-order valence-electron chi connectivity index (χ2n) is 4.07. The van der Waals surface area contributed by atoms with Crippen LogP contribution in [0.25, 0.3) is 0 Å². The van der Waals surface area contributed by atoms with Crippen molar-refractivity contribution >= 4 is 5.97 Å². The van der Waals surface area contributed by atoms with E-state index in [0.29, 0.717) is 11.1 Å². The first-order chi connectivity index (χ1) is 7.71. The average Bonchev–Trinajstić information content (AvgIpc) is 2.14. The Morgan fingerprint density at radius 3 is 2.41 bits per heavy atom. The third kappa shape index (κ3) is 3.47. The second-order valence-corrected chi connectivity index (χ2v) is 4.07. The predicted octanol–water partition coefficient (Wildman–Crippen LogP) is 3.59. The van der Waals surface area contributed by atoms with Crippen molar-refractivity contribution in [2.45, 2.75) is 32.4 Å². The number of benzene rings is 1. The Kier molecular flexibility index (Phi) is 3.80. The molecule has 0 radical (unpaired) electrons. The monoisotopic (exact) mass is 246 g/mol. The smallest absolute Gasteiger partial charge is 0.416 e. The molecule has 1 unspecified atom stereocenters. The highest BCUT2D eigenvalue weighted by Gasteiger charge is 2.30. The van der Waals surface area contributed by atoms with Crippen LogP contribution in [-0.2, 0) is 11.0 Å². The zero-order valence-electron chi connectivity index (χ0n) is 9.51. The molecular weight excluding hydrogens is 233 g/mol. The van der Waals surface area contributed by atoms with E-state index in [0.717, 1.165) is 12.1 Å². The molecule has 0 aliphatic carbocycles. The number of aryl methyl sites for hydroxylation is 1. The fourth-order valence-corrected chi connectivity index (χ4v) is 1.78. The van der Waals surface area contributed by atoms with Crippen molar-refractivity contribution < 1.29 is 23.1 Å². The first-order valence-electron chi connectivity index (χ1n) is 5.11. The lowest BCUT2D eigenvalue weighted by molar-refractivity contribution is -0.138.